The van der Waals surface area contributed by atoms with Crippen LogP contribution in [0, 0.1) is 0 Å². The summed E-state index contributed by atoms with van der Waals surface area (Å²) in [7, 11) is 0. The van der Waals surface area contributed by atoms with Gasteiger partial charge in [-0.25, -0.2) is 9.59 Å². The van der Waals surface area contributed by atoms with Crippen molar-refractivity contribution in [3.63, 3.8) is 0 Å². The molecule has 8 N–H and O–H groups in total. The molecule has 0 aromatic heterocycles. The highest BCUT2D eigenvalue weighted by Gasteiger charge is 2.34. The summed E-state index contributed by atoms with van der Waals surface area (Å²) in [6.07, 6.45) is 1.60. The fraction of sp³-hybridized carbons (Fsp3) is 0.750. The molecule has 0 fully saturated rings. The number of nitrogens with zero attached hydrogens (tertiary/aromatic N) is 1. The number of hydrogen-bond acceptors (Lipinski definition) is 6. The van der Waals surface area contributed by atoms with Crippen LogP contribution in [-0.2, 0) is 14.3 Å². The summed E-state index contributed by atoms with van der Waals surface area (Å²) in [5, 5.41) is 0. The molecule has 0 aromatic carbocycles. The third-order valence-corrected chi connectivity index (χ3v) is 3.13. The summed E-state index contributed by atoms with van der Waals surface area (Å²) in [6, 6.07) is -0.897. The third-order valence-electron chi connectivity index (χ3n) is 3.13. The van der Waals surface area contributed by atoms with Crippen molar-refractivity contribution in [3.05, 3.63) is 0 Å². The second kappa shape index (κ2) is 8.49. The number of hydrogen-bond donors (Lipinski definition) is 4. The predicted octanol–water partition coefficient (Wildman–Crippen LogP) is -1.05. The zero-order chi connectivity index (χ0) is 15.8. The van der Waals surface area contributed by atoms with E-state index in [1.54, 1.807) is 13.8 Å². The van der Waals surface area contributed by atoms with Crippen LogP contribution in [0.15, 0.2) is 4.99 Å². The average molecular weight is 287 g/mol. The Balaban J connectivity index is 4.26. The molecule has 0 unspecified atom stereocenters. The fourth-order valence-corrected chi connectivity index (χ4v) is 1.44. The molecule has 0 saturated carbocycles. The van der Waals surface area contributed by atoms with Gasteiger partial charge in [-0.3, -0.25) is 4.99 Å². The zero-order valence-corrected chi connectivity index (χ0v) is 12.1. The summed E-state index contributed by atoms with van der Waals surface area (Å²) in [6.45, 7) is 3.87. The molecule has 20 heavy (non-hydrogen) atoms. The number of ether oxygens (including phenoxy) is 1. The molecule has 116 valence electrons. The van der Waals surface area contributed by atoms with Gasteiger partial charge in [-0.2, -0.15) is 0 Å². The minimum atomic E-state index is -1.15. The topological polar surface area (TPSA) is 160 Å². The molecule has 0 aliphatic heterocycles. The first-order valence-corrected chi connectivity index (χ1v) is 6.62. The predicted molar refractivity (Wildman–Crippen MR) is 76.5 cm³/mol. The molecule has 8 nitrogen and oxygen atoms in total. The smallest absolute Gasteiger partial charge is 0.333 e. The minimum absolute atomic E-state index is 0.0184. The molecular formula is C12H25N5O3. The van der Waals surface area contributed by atoms with Gasteiger partial charge in [-0.15, -0.1) is 0 Å². The van der Waals surface area contributed by atoms with E-state index in [1.807, 2.05) is 0 Å². The lowest BCUT2D eigenvalue weighted by molar-refractivity contribution is -0.165. The van der Waals surface area contributed by atoms with Crippen LogP contribution >= 0.6 is 0 Å². The maximum Gasteiger partial charge on any atom is 0.333 e. The number of rotatable bonds is 8. The molecule has 8 heteroatoms. The molecule has 0 aliphatic carbocycles. The summed E-state index contributed by atoms with van der Waals surface area (Å²) in [4.78, 5) is 27.2. The van der Waals surface area contributed by atoms with Crippen molar-refractivity contribution in [2.24, 2.45) is 27.9 Å². The molecule has 0 bridgehead atoms. The fourth-order valence-electron chi connectivity index (χ4n) is 1.44. The van der Waals surface area contributed by atoms with Crippen LogP contribution in [0.25, 0.3) is 0 Å². The summed E-state index contributed by atoms with van der Waals surface area (Å²) >= 11 is 0. The van der Waals surface area contributed by atoms with Crippen molar-refractivity contribution >= 4 is 17.9 Å². The van der Waals surface area contributed by atoms with Crippen LogP contribution in [-0.4, -0.2) is 36.0 Å². The van der Waals surface area contributed by atoms with Crippen molar-refractivity contribution in [1.29, 1.82) is 0 Å². The largest absolute Gasteiger partial charge is 0.391 e. The van der Waals surface area contributed by atoms with Crippen LogP contribution in [0.1, 0.15) is 39.5 Å². The summed E-state index contributed by atoms with van der Waals surface area (Å²) < 4.78 is 4.72. The molecular weight excluding hydrogens is 262 g/mol. The molecule has 0 heterocycles. The number of aliphatic imine (C=N–C) groups is 1. The Morgan fingerprint density at radius 3 is 2.25 bits per heavy atom. The van der Waals surface area contributed by atoms with Gasteiger partial charge < -0.3 is 27.7 Å². The van der Waals surface area contributed by atoms with Crippen LogP contribution in [0.3, 0.4) is 0 Å². The van der Waals surface area contributed by atoms with E-state index in [4.69, 9.17) is 27.7 Å². The number of carbonyl (C=O) groups excluding carboxylic acids is 2. The highest BCUT2D eigenvalue weighted by Crippen LogP contribution is 2.14. The second-order valence-electron chi connectivity index (χ2n) is 4.63. The Labute approximate surface area is 118 Å². The lowest BCUT2D eigenvalue weighted by Gasteiger charge is -2.23. The summed E-state index contributed by atoms with van der Waals surface area (Å²) in [5.41, 5.74) is 20.6. The van der Waals surface area contributed by atoms with Crippen molar-refractivity contribution in [1.82, 2.24) is 0 Å². The van der Waals surface area contributed by atoms with Gasteiger partial charge >= 0.3 is 11.9 Å². The van der Waals surface area contributed by atoms with E-state index in [1.165, 1.54) is 0 Å². The highest BCUT2D eigenvalue weighted by molar-refractivity contribution is 5.92. The number of carbonyl (C=O) groups is 2. The Bertz CT molecular complexity index is 362. The lowest BCUT2D eigenvalue weighted by Crippen LogP contribution is -2.50. The number of nitrogens with two attached hydrogens (primary N) is 4. The Morgan fingerprint density at radius 1 is 1.25 bits per heavy atom. The Morgan fingerprint density at radius 2 is 1.80 bits per heavy atom. The van der Waals surface area contributed by atoms with Gasteiger partial charge in [0, 0.05) is 6.54 Å². The van der Waals surface area contributed by atoms with Gasteiger partial charge in [0.15, 0.2) is 5.96 Å². The molecule has 0 spiro atoms. The highest BCUT2D eigenvalue weighted by atomic mass is 16.6. The van der Waals surface area contributed by atoms with Crippen LogP contribution < -0.4 is 22.9 Å². The van der Waals surface area contributed by atoms with E-state index >= 15 is 0 Å². The molecule has 1 atom stereocenters. The van der Waals surface area contributed by atoms with Crippen LogP contribution in [0.4, 0.5) is 0 Å². The standard InChI is InChI=1S/C12H25N5O3/c1-3-12(16,4-2)10(19)20-9(18)8(13)6-5-7-17-11(14)15/h8H,3-7,13,16H2,1-2H3,(H4,14,15,17)/t8-/m1/s1. The molecule has 0 radical (unpaired) electrons. The molecule has 0 rings (SSSR count). The number of esters is 2. The van der Waals surface area contributed by atoms with E-state index in [9.17, 15) is 9.59 Å². The van der Waals surface area contributed by atoms with Gasteiger partial charge in [0.05, 0.1) is 0 Å². The van der Waals surface area contributed by atoms with E-state index in [2.05, 4.69) is 4.99 Å². The van der Waals surface area contributed by atoms with Gasteiger partial charge in [0.2, 0.25) is 0 Å². The van der Waals surface area contributed by atoms with Crippen molar-refractivity contribution in [2.45, 2.75) is 51.1 Å². The van der Waals surface area contributed by atoms with Crippen LogP contribution in [0.5, 0.6) is 0 Å². The first kappa shape index (κ1) is 18.3. The van der Waals surface area contributed by atoms with Crippen molar-refractivity contribution < 1.29 is 14.3 Å². The van der Waals surface area contributed by atoms with Gasteiger partial charge in [0.1, 0.15) is 11.6 Å². The van der Waals surface area contributed by atoms with Crippen molar-refractivity contribution in [3.8, 4) is 0 Å². The van der Waals surface area contributed by atoms with Gasteiger partial charge in [-0.05, 0) is 25.7 Å². The Kier molecular flexibility index (Phi) is 7.78. The summed E-state index contributed by atoms with van der Waals surface area (Å²) in [5.74, 6) is -1.54. The monoisotopic (exact) mass is 287 g/mol. The molecule has 0 aliphatic rings. The SMILES string of the molecule is CCC(N)(CC)C(=O)OC(=O)[C@H](N)CCCN=C(N)N. The van der Waals surface area contributed by atoms with Crippen molar-refractivity contribution in [2.75, 3.05) is 6.54 Å². The van der Waals surface area contributed by atoms with Gasteiger partial charge in [-0.1, -0.05) is 13.8 Å². The third kappa shape index (κ3) is 5.98. The van der Waals surface area contributed by atoms with E-state index in [0.29, 0.717) is 32.2 Å². The maximum atomic E-state index is 11.8. The maximum absolute atomic E-state index is 11.8. The average Bonchev–Trinajstić information content (AvgIpc) is 2.41. The van der Waals surface area contributed by atoms with Gasteiger partial charge in [0.25, 0.3) is 0 Å². The van der Waals surface area contributed by atoms with E-state index < -0.39 is 23.5 Å². The normalized spacial score (nSPS) is 12.6. The van der Waals surface area contributed by atoms with E-state index in [0.717, 1.165) is 0 Å². The molecule has 0 aromatic rings. The number of guanidine groups is 1. The molecule has 0 amide bonds. The zero-order valence-electron chi connectivity index (χ0n) is 12.1. The van der Waals surface area contributed by atoms with Crippen LogP contribution in [0.2, 0.25) is 0 Å². The minimum Gasteiger partial charge on any atom is -0.391 e. The first-order chi connectivity index (χ1) is 9.26. The second-order valence-corrected chi connectivity index (χ2v) is 4.63. The lowest BCUT2D eigenvalue weighted by atomic mass is 9.94. The molecule has 0 saturated heterocycles. The first-order valence-electron chi connectivity index (χ1n) is 6.62. The van der Waals surface area contributed by atoms with E-state index in [-0.39, 0.29) is 5.96 Å². The Hall–Kier alpha value is -1.67. The quantitative estimate of drug-likeness (QED) is 0.146.